The molecule has 0 aliphatic carbocycles. The van der Waals surface area contributed by atoms with Gasteiger partial charge in [0.1, 0.15) is 5.82 Å². The highest BCUT2D eigenvalue weighted by atomic mass is 19.1. The minimum Gasteiger partial charge on any atom is -0.364 e. The van der Waals surface area contributed by atoms with E-state index in [0.717, 1.165) is 17.5 Å². The van der Waals surface area contributed by atoms with Crippen LogP contribution in [0.15, 0.2) is 54.9 Å². The van der Waals surface area contributed by atoms with Crippen molar-refractivity contribution in [3.05, 3.63) is 87.7 Å². The molecule has 3 aromatic rings. The average molecular weight is 285 g/mol. The second-order valence-corrected chi connectivity index (χ2v) is 4.64. The van der Waals surface area contributed by atoms with Gasteiger partial charge in [0.05, 0.1) is 10.8 Å². The van der Waals surface area contributed by atoms with Crippen LogP contribution in [0.25, 0.3) is 0 Å². The van der Waals surface area contributed by atoms with E-state index in [1.807, 2.05) is 12.1 Å². The Morgan fingerprint density at radius 3 is 2.14 bits per heavy atom. The fraction of sp³-hybridized carbons (Fsp3) is 0.0667. The number of hydrogen-bond acceptors (Lipinski definition) is 2. The molecule has 2 aromatic heterocycles. The quantitative estimate of drug-likeness (QED) is 0.568. The number of rotatable bonds is 4. The van der Waals surface area contributed by atoms with Crippen molar-refractivity contribution < 1.29 is 9.31 Å². The molecule has 0 bridgehead atoms. The van der Waals surface area contributed by atoms with E-state index >= 15 is 0 Å². The number of nitrogens with zero attached hydrogens (tertiary/aromatic N) is 1. The highest BCUT2D eigenvalue weighted by Gasteiger charge is 2.27. The van der Waals surface area contributed by atoms with Crippen LogP contribution in [0.3, 0.4) is 0 Å². The molecular weight excluding hydrogens is 273 g/mol. The van der Waals surface area contributed by atoms with Crippen LogP contribution in [0.5, 0.6) is 0 Å². The Kier molecular flexibility index (Phi) is 3.27. The molecule has 0 saturated carbocycles. The Hall–Kier alpha value is -2.89. The number of aromatic amines is 2. The number of nitrogens with one attached hydrogen (secondary N) is 2. The van der Waals surface area contributed by atoms with Crippen LogP contribution in [0.4, 0.5) is 10.1 Å². The Bertz CT molecular complexity index is 717. The van der Waals surface area contributed by atoms with Crippen LogP contribution in [0, 0.1) is 15.9 Å². The molecule has 0 amide bonds. The molecule has 3 rings (SSSR count). The third kappa shape index (κ3) is 2.43. The van der Waals surface area contributed by atoms with Crippen LogP contribution < -0.4 is 0 Å². The van der Waals surface area contributed by atoms with Crippen LogP contribution in [0.2, 0.25) is 0 Å². The molecular formula is C15H12FN3O2. The van der Waals surface area contributed by atoms with Crippen LogP contribution in [-0.4, -0.2) is 14.9 Å². The van der Waals surface area contributed by atoms with E-state index in [1.165, 1.54) is 12.1 Å². The lowest BCUT2D eigenvalue weighted by atomic mass is 9.91. The van der Waals surface area contributed by atoms with E-state index in [9.17, 15) is 14.5 Å². The molecule has 0 aliphatic heterocycles. The molecule has 2 heterocycles. The lowest BCUT2D eigenvalue weighted by Gasteiger charge is -2.15. The average Bonchev–Trinajstić information content (AvgIpc) is 3.12. The molecule has 0 aliphatic rings. The topological polar surface area (TPSA) is 74.7 Å². The van der Waals surface area contributed by atoms with Gasteiger partial charge < -0.3 is 9.97 Å². The predicted molar refractivity (Wildman–Crippen MR) is 75.6 cm³/mol. The molecule has 0 atom stereocenters. The molecule has 1 aromatic carbocycles. The summed E-state index contributed by atoms with van der Waals surface area (Å²) >= 11 is 0. The van der Waals surface area contributed by atoms with Gasteiger partial charge in [-0.3, -0.25) is 10.1 Å². The maximum Gasteiger partial charge on any atom is 0.273 e. The summed E-state index contributed by atoms with van der Waals surface area (Å²) in [6.45, 7) is 0. The van der Waals surface area contributed by atoms with Gasteiger partial charge in [-0.25, -0.2) is 4.39 Å². The zero-order valence-corrected chi connectivity index (χ0v) is 10.9. The minimum absolute atomic E-state index is 0.106. The molecule has 0 radical (unpaired) electrons. The molecule has 0 spiro atoms. The van der Waals surface area contributed by atoms with E-state index in [4.69, 9.17) is 0 Å². The first-order valence-corrected chi connectivity index (χ1v) is 6.37. The first-order valence-electron chi connectivity index (χ1n) is 6.37. The van der Waals surface area contributed by atoms with Crippen LogP contribution in [-0.2, 0) is 0 Å². The van der Waals surface area contributed by atoms with Crippen molar-refractivity contribution in [3.8, 4) is 0 Å². The van der Waals surface area contributed by atoms with Gasteiger partial charge in [0.25, 0.3) is 5.69 Å². The smallest absolute Gasteiger partial charge is 0.273 e. The van der Waals surface area contributed by atoms with Crippen LogP contribution >= 0.6 is 0 Å². The summed E-state index contributed by atoms with van der Waals surface area (Å²) in [7, 11) is 0. The second kappa shape index (κ2) is 5.24. The summed E-state index contributed by atoms with van der Waals surface area (Å²) in [4.78, 5) is 16.8. The molecule has 2 N–H and O–H groups in total. The molecule has 0 saturated heterocycles. The van der Waals surface area contributed by atoms with E-state index < -0.39 is 16.7 Å². The monoisotopic (exact) mass is 285 g/mol. The number of halogens is 1. The maximum absolute atomic E-state index is 13.6. The Labute approximate surface area is 119 Å². The standard InChI is InChI=1S/C15H12FN3O2/c16-10-5-6-14(19(20)21)11(9-10)15(12-3-1-7-17-12)13-4-2-8-18-13/h1-9,15,17-18H. The zero-order valence-electron chi connectivity index (χ0n) is 10.9. The van der Waals surface area contributed by atoms with Crippen molar-refractivity contribution in [1.29, 1.82) is 0 Å². The first-order chi connectivity index (χ1) is 10.2. The summed E-state index contributed by atoms with van der Waals surface area (Å²) in [6, 6.07) is 10.8. The maximum atomic E-state index is 13.6. The van der Waals surface area contributed by atoms with E-state index in [2.05, 4.69) is 9.97 Å². The molecule has 106 valence electrons. The summed E-state index contributed by atoms with van der Waals surface area (Å²) in [5.41, 5.74) is 1.72. The van der Waals surface area contributed by atoms with E-state index in [1.54, 1.807) is 24.5 Å². The number of hydrogen-bond donors (Lipinski definition) is 2. The summed E-state index contributed by atoms with van der Waals surface area (Å²) in [5.74, 6) is -0.954. The Balaban J connectivity index is 2.22. The van der Waals surface area contributed by atoms with Crippen LogP contribution in [0.1, 0.15) is 22.9 Å². The zero-order chi connectivity index (χ0) is 14.8. The largest absolute Gasteiger partial charge is 0.364 e. The lowest BCUT2D eigenvalue weighted by molar-refractivity contribution is -0.385. The van der Waals surface area contributed by atoms with Crippen molar-refractivity contribution in [2.45, 2.75) is 5.92 Å². The Morgan fingerprint density at radius 1 is 1.05 bits per heavy atom. The van der Waals surface area contributed by atoms with Gasteiger partial charge in [-0.15, -0.1) is 0 Å². The number of H-pyrrole nitrogens is 2. The van der Waals surface area contributed by atoms with Gasteiger partial charge in [0.2, 0.25) is 0 Å². The predicted octanol–water partition coefficient (Wildman–Crippen LogP) is 3.57. The van der Waals surface area contributed by atoms with Crippen molar-refractivity contribution in [2.24, 2.45) is 0 Å². The third-order valence-corrected chi connectivity index (χ3v) is 3.36. The highest BCUT2D eigenvalue weighted by Crippen LogP contribution is 2.35. The minimum atomic E-state index is -0.501. The fourth-order valence-electron chi connectivity index (χ4n) is 2.47. The van der Waals surface area contributed by atoms with Crippen molar-refractivity contribution >= 4 is 5.69 Å². The highest BCUT2D eigenvalue weighted by molar-refractivity contribution is 5.50. The fourth-order valence-corrected chi connectivity index (χ4v) is 2.47. The summed E-state index contributed by atoms with van der Waals surface area (Å²) in [6.07, 6.45) is 3.47. The first kappa shape index (κ1) is 13.1. The number of benzene rings is 1. The molecule has 5 nitrogen and oxygen atoms in total. The molecule has 21 heavy (non-hydrogen) atoms. The van der Waals surface area contributed by atoms with Crippen molar-refractivity contribution in [2.75, 3.05) is 0 Å². The Morgan fingerprint density at radius 2 is 1.67 bits per heavy atom. The number of nitro benzene ring substituents is 1. The van der Waals surface area contributed by atoms with Gasteiger partial charge in [0.15, 0.2) is 0 Å². The molecule has 0 unspecified atom stereocenters. The molecule has 6 heteroatoms. The second-order valence-electron chi connectivity index (χ2n) is 4.64. The molecule has 0 fully saturated rings. The van der Waals surface area contributed by atoms with Gasteiger partial charge in [-0.1, -0.05) is 0 Å². The van der Waals surface area contributed by atoms with Gasteiger partial charge >= 0.3 is 0 Å². The summed E-state index contributed by atoms with van der Waals surface area (Å²) in [5, 5.41) is 11.2. The van der Waals surface area contributed by atoms with E-state index in [0.29, 0.717) is 5.56 Å². The van der Waals surface area contributed by atoms with Gasteiger partial charge in [-0.2, -0.15) is 0 Å². The summed E-state index contributed by atoms with van der Waals surface area (Å²) < 4.78 is 13.6. The van der Waals surface area contributed by atoms with Crippen molar-refractivity contribution in [3.63, 3.8) is 0 Å². The number of nitro groups is 1. The normalized spacial score (nSPS) is 11.0. The SMILES string of the molecule is O=[N+]([O-])c1ccc(F)cc1C(c1ccc[nH]1)c1ccc[nH]1. The van der Waals surface area contributed by atoms with Crippen molar-refractivity contribution in [1.82, 2.24) is 9.97 Å². The lowest BCUT2D eigenvalue weighted by Crippen LogP contribution is -2.08. The van der Waals surface area contributed by atoms with E-state index in [-0.39, 0.29) is 5.69 Å². The van der Waals surface area contributed by atoms with Gasteiger partial charge in [-0.05, 0) is 36.4 Å². The third-order valence-electron chi connectivity index (χ3n) is 3.36. The van der Waals surface area contributed by atoms with Gasteiger partial charge in [0, 0.05) is 35.4 Å². The number of aromatic nitrogens is 2.